The van der Waals surface area contributed by atoms with Crippen molar-refractivity contribution in [3.05, 3.63) is 76.1 Å². The molecule has 0 fully saturated rings. The normalized spacial score (nSPS) is 11.8. The van der Waals surface area contributed by atoms with Crippen LogP contribution in [0.2, 0.25) is 0 Å². The van der Waals surface area contributed by atoms with Crippen molar-refractivity contribution >= 4 is 22.8 Å². The maximum absolute atomic E-state index is 12.2. The molecule has 0 spiro atoms. The van der Waals surface area contributed by atoms with Crippen LogP contribution in [-0.4, -0.2) is 23.6 Å². The summed E-state index contributed by atoms with van der Waals surface area (Å²) in [5.74, 6) is -1.40. The second kappa shape index (κ2) is 9.05. The van der Waals surface area contributed by atoms with Gasteiger partial charge in [-0.2, -0.15) is 0 Å². The summed E-state index contributed by atoms with van der Waals surface area (Å²) in [6, 6.07) is 13.7. The van der Waals surface area contributed by atoms with Gasteiger partial charge in [-0.05, 0) is 29.7 Å². The molecule has 2 N–H and O–H groups in total. The lowest BCUT2D eigenvalue weighted by molar-refractivity contribution is -0.142. The Balaban J connectivity index is 1.70. The number of carboxylic acid groups (broad SMARTS) is 1. The number of carbonyl (C=O) groups excluding carboxylic acids is 1. The number of rotatable bonds is 8. The minimum atomic E-state index is -1.17. The average Bonchev–Trinajstić information content (AvgIpc) is 2.70. The molecule has 0 aliphatic carbocycles. The Hall–Kier alpha value is -3.61. The molecule has 1 atom stereocenters. The Bertz CT molecular complexity index is 1070. The highest BCUT2D eigenvalue weighted by Gasteiger charge is 2.22. The summed E-state index contributed by atoms with van der Waals surface area (Å²) in [6.07, 6.45) is 1.64. The molecule has 7 nitrogen and oxygen atoms in total. The summed E-state index contributed by atoms with van der Waals surface area (Å²) in [4.78, 5) is 35.4. The van der Waals surface area contributed by atoms with E-state index in [4.69, 9.17) is 9.15 Å². The zero-order chi connectivity index (χ0) is 20.8. The van der Waals surface area contributed by atoms with Crippen LogP contribution in [0.3, 0.4) is 0 Å². The number of amides is 1. The van der Waals surface area contributed by atoms with E-state index in [0.717, 1.165) is 23.8 Å². The molecule has 0 saturated heterocycles. The SMILES string of the molecule is CCCc1cc(=O)oc2cc(OCC(=O)N[C@@H](C(=O)O)c3ccccc3)ccc12. The van der Waals surface area contributed by atoms with E-state index in [1.807, 2.05) is 6.92 Å². The highest BCUT2D eigenvalue weighted by molar-refractivity contribution is 5.85. The van der Waals surface area contributed by atoms with E-state index in [1.54, 1.807) is 48.5 Å². The second-order valence-electron chi connectivity index (χ2n) is 6.54. The highest BCUT2D eigenvalue weighted by Crippen LogP contribution is 2.23. The van der Waals surface area contributed by atoms with Crippen LogP contribution in [0.5, 0.6) is 5.75 Å². The van der Waals surface area contributed by atoms with Gasteiger partial charge in [0.25, 0.3) is 5.91 Å². The minimum Gasteiger partial charge on any atom is -0.484 e. The fourth-order valence-electron chi connectivity index (χ4n) is 3.06. The Kier molecular flexibility index (Phi) is 6.29. The molecule has 1 heterocycles. The Labute approximate surface area is 166 Å². The molecule has 3 aromatic rings. The van der Waals surface area contributed by atoms with E-state index in [9.17, 15) is 19.5 Å². The van der Waals surface area contributed by atoms with Crippen molar-refractivity contribution in [3.63, 3.8) is 0 Å². The molecular formula is C22H21NO6. The Morgan fingerprint density at radius 3 is 2.59 bits per heavy atom. The van der Waals surface area contributed by atoms with Crippen LogP contribution >= 0.6 is 0 Å². The van der Waals surface area contributed by atoms with Gasteiger partial charge in [-0.15, -0.1) is 0 Å². The maximum atomic E-state index is 12.2. The van der Waals surface area contributed by atoms with Crippen molar-refractivity contribution in [2.75, 3.05) is 6.61 Å². The van der Waals surface area contributed by atoms with Crippen molar-refractivity contribution in [1.29, 1.82) is 0 Å². The van der Waals surface area contributed by atoms with Gasteiger partial charge in [-0.25, -0.2) is 9.59 Å². The maximum Gasteiger partial charge on any atom is 0.336 e. The van der Waals surface area contributed by atoms with E-state index in [2.05, 4.69) is 5.32 Å². The Morgan fingerprint density at radius 2 is 1.90 bits per heavy atom. The van der Waals surface area contributed by atoms with E-state index in [-0.39, 0.29) is 6.61 Å². The number of hydrogen-bond acceptors (Lipinski definition) is 5. The molecule has 29 heavy (non-hydrogen) atoms. The third-order valence-corrected chi connectivity index (χ3v) is 4.38. The van der Waals surface area contributed by atoms with Gasteiger partial charge in [0.05, 0.1) is 0 Å². The molecule has 0 radical (unpaired) electrons. The standard InChI is InChI=1S/C22H21NO6/c1-2-6-15-11-20(25)29-18-12-16(9-10-17(15)18)28-13-19(24)23-21(22(26)27)14-7-4-3-5-8-14/h3-5,7-12,21H,2,6,13H2,1H3,(H,23,24)(H,26,27)/t21-/m1/s1. The lowest BCUT2D eigenvalue weighted by atomic mass is 10.1. The summed E-state index contributed by atoms with van der Waals surface area (Å²) >= 11 is 0. The van der Waals surface area contributed by atoms with Crippen molar-refractivity contribution in [2.45, 2.75) is 25.8 Å². The number of aryl methyl sites for hydroxylation is 1. The van der Waals surface area contributed by atoms with Gasteiger partial charge < -0.3 is 19.6 Å². The molecule has 2 aromatic carbocycles. The first-order valence-electron chi connectivity index (χ1n) is 9.24. The number of carbonyl (C=O) groups is 2. The van der Waals surface area contributed by atoms with Crippen molar-refractivity contribution in [1.82, 2.24) is 5.32 Å². The van der Waals surface area contributed by atoms with Crippen LogP contribution in [0.15, 0.2) is 63.8 Å². The number of carboxylic acids is 1. The molecule has 150 valence electrons. The van der Waals surface area contributed by atoms with Crippen LogP contribution in [-0.2, 0) is 16.0 Å². The number of aliphatic carboxylic acids is 1. The van der Waals surface area contributed by atoms with E-state index >= 15 is 0 Å². The molecule has 1 amide bonds. The van der Waals surface area contributed by atoms with Gasteiger partial charge in [0.1, 0.15) is 11.3 Å². The van der Waals surface area contributed by atoms with Crippen LogP contribution in [0.25, 0.3) is 11.0 Å². The molecule has 0 aliphatic rings. The zero-order valence-electron chi connectivity index (χ0n) is 15.9. The first kappa shape index (κ1) is 20.1. The van der Waals surface area contributed by atoms with Crippen LogP contribution in [0.1, 0.15) is 30.5 Å². The quantitative estimate of drug-likeness (QED) is 0.568. The van der Waals surface area contributed by atoms with Gasteiger partial charge in [0.2, 0.25) is 0 Å². The van der Waals surface area contributed by atoms with Crippen LogP contribution in [0.4, 0.5) is 0 Å². The topological polar surface area (TPSA) is 106 Å². The zero-order valence-corrected chi connectivity index (χ0v) is 15.9. The minimum absolute atomic E-state index is 0.344. The fraction of sp³-hybridized carbons (Fsp3) is 0.227. The molecule has 3 rings (SSSR count). The first-order chi connectivity index (χ1) is 14.0. The highest BCUT2D eigenvalue weighted by atomic mass is 16.5. The lowest BCUT2D eigenvalue weighted by Crippen LogP contribution is -2.36. The van der Waals surface area contributed by atoms with E-state index in [1.165, 1.54) is 6.07 Å². The van der Waals surface area contributed by atoms with Crippen LogP contribution in [0, 0.1) is 0 Å². The number of ether oxygens (including phenoxy) is 1. The van der Waals surface area contributed by atoms with Crippen molar-refractivity contribution in [2.24, 2.45) is 0 Å². The monoisotopic (exact) mass is 395 g/mol. The number of fused-ring (bicyclic) bond motifs is 1. The molecular weight excluding hydrogens is 374 g/mol. The molecule has 7 heteroatoms. The summed E-state index contributed by atoms with van der Waals surface area (Å²) in [7, 11) is 0. The molecule has 0 saturated carbocycles. The summed E-state index contributed by atoms with van der Waals surface area (Å²) in [5.41, 5.74) is 1.30. The van der Waals surface area contributed by atoms with Gasteiger partial charge in [-0.1, -0.05) is 43.7 Å². The van der Waals surface area contributed by atoms with Gasteiger partial charge in [-0.3, -0.25) is 4.79 Å². The van der Waals surface area contributed by atoms with Crippen molar-refractivity contribution < 1.29 is 23.8 Å². The molecule has 0 aliphatic heterocycles. The number of hydrogen-bond donors (Lipinski definition) is 2. The number of benzene rings is 2. The molecule has 0 bridgehead atoms. The van der Waals surface area contributed by atoms with Gasteiger partial charge >= 0.3 is 11.6 Å². The first-order valence-corrected chi connectivity index (χ1v) is 9.24. The van der Waals surface area contributed by atoms with E-state index < -0.39 is 23.5 Å². The Morgan fingerprint density at radius 1 is 1.14 bits per heavy atom. The van der Waals surface area contributed by atoms with Gasteiger partial charge in [0, 0.05) is 17.5 Å². The third kappa shape index (κ3) is 5.01. The number of nitrogens with one attached hydrogen (secondary N) is 1. The average molecular weight is 395 g/mol. The third-order valence-electron chi connectivity index (χ3n) is 4.38. The summed E-state index contributed by atoms with van der Waals surface area (Å²) in [6.45, 7) is 1.65. The second-order valence-corrected chi connectivity index (χ2v) is 6.54. The molecule has 0 unspecified atom stereocenters. The summed E-state index contributed by atoms with van der Waals surface area (Å²) in [5, 5.41) is 12.6. The lowest BCUT2D eigenvalue weighted by Gasteiger charge is -2.15. The van der Waals surface area contributed by atoms with Crippen molar-refractivity contribution in [3.8, 4) is 5.75 Å². The van der Waals surface area contributed by atoms with Gasteiger partial charge in [0.15, 0.2) is 12.6 Å². The van der Waals surface area contributed by atoms with Crippen LogP contribution < -0.4 is 15.7 Å². The predicted molar refractivity (Wildman–Crippen MR) is 107 cm³/mol. The largest absolute Gasteiger partial charge is 0.484 e. The molecule has 1 aromatic heterocycles. The smallest absolute Gasteiger partial charge is 0.336 e. The van der Waals surface area contributed by atoms with E-state index in [0.29, 0.717) is 16.9 Å². The fourth-order valence-corrected chi connectivity index (χ4v) is 3.06. The predicted octanol–water partition coefficient (Wildman–Crippen LogP) is 3.07. The summed E-state index contributed by atoms with van der Waals surface area (Å²) < 4.78 is 10.7.